The molecule has 0 saturated carbocycles. The molecule has 1 N–H and O–H groups in total. The number of para-hydroxylation sites is 1. The summed E-state index contributed by atoms with van der Waals surface area (Å²) in [4.78, 5) is 11.8. The second-order valence-corrected chi connectivity index (χ2v) is 5.71. The van der Waals surface area contributed by atoms with Gasteiger partial charge in [0.1, 0.15) is 18.6 Å². The standard InChI is InChI=1S/C18H16N4O2S/c1-13-6-2-3-8-15(13)12-24-16-9-5-4-7-14(16)10-20-22-17(23)11-19-21-18(22)25/h2-11H,12H2,1H3,(H,21,25)/b20-10+. The largest absolute Gasteiger partial charge is 0.488 e. The Morgan fingerprint density at radius 3 is 2.80 bits per heavy atom. The highest BCUT2D eigenvalue weighted by Crippen LogP contribution is 2.18. The summed E-state index contributed by atoms with van der Waals surface area (Å²) in [6, 6.07) is 15.5. The molecule has 1 heterocycles. The Kier molecular flexibility index (Phi) is 5.15. The van der Waals surface area contributed by atoms with Crippen LogP contribution in [0.3, 0.4) is 0 Å². The Bertz CT molecular complexity index is 995. The molecule has 6 nitrogen and oxygen atoms in total. The maximum absolute atomic E-state index is 11.8. The maximum atomic E-state index is 11.8. The van der Waals surface area contributed by atoms with E-state index in [1.807, 2.05) is 55.5 Å². The number of aromatic amines is 1. The molecule has 25 heavy (non-hydrogen) atoms. The van der Waals surface area contributed by atoms with E-state index in [0.717, 1.165) is 22.0 Å². The van der Waals surface area contributed by atoms with Gasteiger partial charge in [0.25, 0.3) is 5.56 Å². The Morgan fingerprint density at radius 1 is 1.24 bits per heavy atom. The van der Waals surface area contributed by atoms with Gasteiger partial charge in [0.05, 0.1) is 6.21 Å². The van der Waals surface area contributed by atoms with Gasteiger partial charge in [-0.3, -0.25) is 9.89 Å². The number of aryl methyl sites for hydroxylation is 1. The van der Waals surface area contributed by atoms with Crippen LogP contribution in [0.1, 0.15) is 16.7 Å². The molecule has 0 atom stereocenters. The van der Waals surface area contributed by atoms with Gasteiger partial charge in [-0.15, -0.1) is 0 Å². The molecule has 3 rings (SSSR count). The Hall–Kier alpha value is -3.06. The molecule has 0 fully saturated rings. The van der Waals surface area contributed by atoms with E-state index in [1.54, 1.807) is 0 Å². The van der Waals surface area contributed by atoms with Crippen molar-refractivity contribution in [1.82, 2.24) is 14.9 Å². The van der Waals surface area contributed by atoms with E-state index in [4.69, 9.17) is 17.0 Å². The van der Waals surface area contributed by atoms with Gasteiger partial charge in [0, 0.05) is 5.56 Å². The van der Waals surface area contributed by atoms with Crippen LogP contribution in [0.15, 0.2) is 64.6 Å². The third-order valence-corrected chi connectivity index (χ3v) is 3.88. The van der Waals surface area contributed by atoms with Crippen LogP contribution in [0, 0.1) is 11.7 Å². The lowest BCUT2D eigenvalue weighted by atomic mass is 10.1. The zero-order valence-electron chi connectivity index (χ0n) is 13.5. The fraction of sp³-hybridized carbons (Fsp3) is 0.111. The zero-order valence-corrected chi connectivity index (χ0v) is 14.4. The second kappa shape index (κ2) is 7.67. The monoisotopic (exact) mass is 352 g/mol. The number of hydrogen-bond donors (Lipinski definition) is 1. The number of hydrogen-bond acceptors (Lipinski definition) is 5. The summed E-state index contributed by atoms with van der Waals surface area (Å²) in [7, 11) is 0. The first-order chi connectivity index (χ1) is 12.1. The zero-order chi connectivity index (χ0) is 17.6. The minimum atomic E-state index is -0.404. The van der Waals surface area contributed by atoms with Crippen molar-refractivity contribution in [3.05, 3.63) is 86.5 Å². The minimum Gasteiger partial charge on any atom is -0.488 e. The van der Waals surface area contributed by atoms with Crippen molar-refractivity contribution in [2.75, 3.05) is 0 Å². The van der Waals surface area contributed by atoms with Crippen LogP contribution in [-0.2, 0) is 6.61 Å². The van der Waals surface area contributed by atoms with Gasteiger partial charge >= 0.3 is 0 Å². The highest BCUT2D eigenvalue weighted by molar-refractivity contribution is 7.71. The lowest BCUT2D eigenvalue weighted by Crippen LogP contribution is -2.18. The average molecular weight is 352 g/mol. The Morgan fingerprint density at radius 2 is 2.00 bits per heavy atom. The van der Waals surface area contributed by atoms with Crippen molar-refractivity contribution in [1.29, 1.82) is 0 Å². The van der Waals surface area contributed by atoms with Gasteiger partial charge in [-0.2, -0.15) is 14.9 Å². The molecule has 2 aromatic carbocycles. The average Bonchev–Trinajstić information content (AvgIpc) is 2.61. The van der Waals surface area contributed by atoms with Crippen LogP contribution in [0.4, 0.5) is 0 Å². The van der Waals surface area contributed by atoms with Crippen LogP contribution in [0.25, 0.3) is 0 Å². The predicted octanol–water partition coefficient (Wildman–Crippen LogP) is 3.07. The number of benzene rings is 2. The van der Waals surface area contributed by atoms with Gasteiger partial charge < -0.3 is 4.74 Å². The van der Waals surface area contributed by atoms with Crippen LogP contribution in [0.5, 0.6) is 5.75 Å². The van der Waals surface area contributed by atoms with E-state index in [0.29, 0.717) is 12.4 Å². The van der Waals surface area contributed by atoms with Gasteiger partial charge in [0.2, 0.25) is 4.77 Å². The Labute approximate surface area is 149 Å². The third kappa shape index (κ3) is 4.07. The topological polar surface area (TPSA) is 72.3 Å². The first kappa shape index (κ1) is 16.8. The lowest BCUT2D eigenvalue weighted by Gasteiger charge is -2.10. The molecule has 0 amide bonds. The molecule has 126 valence electrons. The van der Waals surface area contributed by atoms with E-state index in [1.165, 1.54) is 11.8 Å². The number of nitrogens with one attached hydrogen (secondary N) is 1. The normalized spacial score (nSPS) is 10.9. The van der Waals surface area contributed by atoms with Crippen LogP contribution in [0.2, 0.25) is 0 Å². The van der Waals surface area contributed by atoms with Crippen LogP contribution in [-0.4, -0.2) is 21.1 Å². The summed E-state index contributed by atoms with van der Waals surface area (Å²) >= 11 is 5.02. The van der Waals surface area contributed by atoms with E-state index >= 15 is 0 Å². The molecule has 0 bridgehead atoms. The van der Waals surface area contributed by atoms with Gasteiger partial charge in [-0.05, 0) is 42.4 Å². The summed E-state index contributed by atoms with van der Waals surface area (Å²) in [6.45, 7) is 2.50. The van der Waals surface area contributed by atoms with Crippen molar-refractivity contribution in [3.63, 3.8) is 0 Å². The number of aromatic nitrogens is 3. The summed E-state index contributed by atoms with van der Waals surface area (Å²) in [5.41, 5.74) is 2.62. The molecule has 1 aromatic heterocycles. The molecule has 3 aromatic rings. The first-order valence-corrected chi connectivity index (χ1v) is 8.03. The number of H-pyrrole nitrogens is 1. The minimum absolute atomic E-state index is 0.127. The van der Waals surface area contributed by atoms with Gasteiger partial charge in [-0.1, -0.05) is 36.4 Å². The Balaban J connectivity index is 1.84. The number of ether oxygens (including phenoxy) is 1. The molecule has 0 aliphatic carbocycles. The second-order valence-electron chi connectivity index (χ2n) is 5.32. The van der Waals surface area contributed by atoms with Crippen molar-refractivity contribution in [2.24, 2.45) is 5.10 Å². The fourth-order valence-corrected chi connectivity index (χ4v) is 2.41. The predicted molar refractivity (Wildman–Crippen MR) is 98.6 cm³/mol. The lowest BCUT2D eigenvalue weighted by molar-refractivity contribution is 0.305. The fourth-order valence-electron chi connectivity index (χ4n) is 2.22. The third-order valence-electron chi connectivity index (χ3n) is 3.61. The van der Waals surface area contributed by atoms with E-state index in [-0.39, 0.29) is 4.77 Å². The molecule has 0 saturated heterocycles. The molecule has 0 aliphatic heterocycles. The maximum Gasteiger partial charge on any atom is 0.293 e. The summed E-state index contributed by atoms with van der Waals surface area (Å²) < 4.78 is 7.12. The van der Waals surface area contributed by atoms with Gasteiger partial charge in [0.15, 0.2) is 0 Å². The van der Waals surface area contributed by atoms with Gasteiger partial charge in [-0.25, -0.2) is 0 Å². The summed E-state index contributed by atoms with van der Waals surface area (Å²) in [5, 5.41) is 10.3. The highest BCUT2D eigenvalue weighted by atomic mass is 32.1. The van der Waals surface area contributed by atoms with Crippen LogP contribution >= 0.6 is 12.2 Å². The SMILES string of the molecule is Cc1ccccc1COc1ccccc1/C=N/n1c(=O)cn[nH]c1=S. The molecule has 0 unspecified atom stereocenters. The quantitative estimate of drug-likeness (QED) is 0.566. The smallest absolute Gasteiger partial charge is 0.293 e. The molecule has 0 aliphatic rings. The number of rotatable bonds is 5. The van der Waals surface area contributed by atoms with Crippen molar-refractivity contribution >= 4 is 18.4 Å². The highest BCUT2D eigenvalue weighted by Gasteiger charge is 2.03. The number of nitrogens with zero attached hydrogens (tertiary/aromatic N) is 3. The first-order valence-electron chi connectivity index (χ1n) is 7.62. The van der Waals surface area contributed by atoms with Crippen LogP contribution < -0.4 is 10.3 Å². The van der Waals surface area contributed by atoms with E-state index < -0.39 is 5.56 Å². The molecular formula is C18H16N4O2S. The van der Waals surface area contributed by atoms with Crippen molar-refractivity contribution < 1.29 is 4.74 Å². The molecule has 7 heteroatoms. The van der Waals surface area contributed by atoms with E-state index in [2.05, 4.69) is 15.3 Å². The molecule has 0 spiro atoms. The molecule has 0 radical (unpaired) electrons. The summed E-state index contributed by atoms with van der Waals surface area (Å²) in [6.07, 6.45) is 2.66. The van der Waals surface area contributed by atoms with E-state index in [9.17, 15) is 4.79 Å². The van der Waals surface area contributed by atoms with Crippen molar-refractivity contribution in [2.45, 2.75) is 13.5 Å². The van der Waals surface area contributed by atoms with Crippen molar-refractivity contribution in [3.8, 4) is 5.75 Å². The summed E-state index contributed by atoms with van der Waals surface area (Å²) in [5.74, 6) is 0.673. The molecular weight excluding hydrogens is 336 g/mol.